The van der Waals surface area contributed by atoms with Crippen LogP contribution in [-0.4, -0.2) is 21.5 Å². The maximum atomic E-state index is 12.3. The zero-order valence-corrected chi connectivity index (χ0v) is 18.4. The smallest absolute Gasteiger partial charge is 0.223 e. The molecule has 4 nitrogen and oxygen atoms in total. The molecule has 1 N–H and O–H groups in total. The minimum Gasteiger partial charge on any atom is -0.353 e. The fraction of sp³-hybridized carbons (Fsp3) is 0.692. The molecule has 0 spiro atoms. The van der Waals surface area contributed by atoms with Crippen molar-refractivity contribution in [1.82, 2.24) is 14.9 Å². The van der Waals surface area contributed by atoms with Gasteiger partial charge in [-0.05, 0) is 81.0 Å². The highest BCUT2D eigenvalue weighted by atomic mass is 16.2. The van der Waals surface area contributed by atoms with E-state index in [4.69, 9.17) is 0 Å². The second kappa shape index (κ2) is 6.58. The second-order valence-electron chi connectivity index (χ2n) is 11.2. The predicted octanol–water partition coefficient (Wildman–Crippen LogP) is 5.19. The summed E-state index contributed by atoms with van der Waals surface area (Å²) in [5.74, 6) is 2.96. The Morgan fingerprint density at radius 2 is 1.90 bits per heavy atom. The van der Waals surface area contributed by atoms with Crippen molar-refractivity contribution in [3.05, 3.63) is 36.4 Å². The molecule has 6 atom stereocenters. The highest BCUT2D eigenvalue weighted by Gasteiger charge is 2.57. The molecule has 0 saturated heterocycles. The first kappa shape index (κ1) is 18.9. The largest absolute Gasteiger partial charge is 0.353 e. The predicted molar refractivity (Wildman–Crippen MR) is 118 cm³/mol. The lowest BCUT2D eigenvalue weighted by Crippen LogP contribution is -2.51. The Hall–Kier alpha value is -1.84. The summed E-state index contributed by atoms with van der Waals surface area (Å²) in [5.41, 5.74) is 3.75. The van der Waals surface area contributed by atoms with Gasteiger partial charge in [0.25, 0.3) is 0 Å². The molecule has 3 fully saturated rings. The van der Waals surface area contributed by atoms with Crippen molar-refractivity contribution in [3.63, 3.8) is 0 Å². The highest BCUT2D eigenvalue weighted by Crippen LogP contribution is 2.65. The van der Waals surface area contributed by atoms with Gasteiger partial charge in [-0.2, -0.15) is 0 Å². The molecular formula is C26H35N3O. The van der Waals surface area contributed by atoms with Crippen LogP contribution in [0, 0.1) is 34.5 Å². The van der Waals surface area contributed by atoms with Crippen LogP contribution in [0.4, 0.5) is 0 Å². The summed E-state index contributed by atoms with van der Waals surface area (Å²) >= 11 is 0. The lowest BCUT2D eigenvalue weighted by atomic mass is 9.47. The number of hydrogen-bond acceptors (Lipinski definition) is 2. The van der Waals surface area contributed by atoms with Crippen LogP contribution in [0.2, 0.25) is 0 Å². The number of fused-ring (bicyclic) bond motifs is 5. The maximum absolute atomic E-state index is 12.3. The average molecular weight is 406 g/mol. The van der Waals surface area contributed by atoms with Gasteiger partial charge in [0.15, 0.2) is 0 Å². The van der Waals surface area contributed by atoms with Crippen LogP contribution in [-0.2, 0) is 4.79 Å². The van der Waals surface area contributed by atoms with Crippen molar-refractivity contribution in [2.45, 2.75) is 77.7 Å². The molecular weight excluding hydrogens is 370 g/mol. The first-order chi connectivity index (χ1) is 14.5. The number of imidazole rings is 1. The SMILES string of the molecule is C[C@]12CCC(NC(=O)C3CC3)CC1=CCC1C2CC[C@]2(C)C(n3ccnc3)=CCC12. The number of aromatic nitrogens is 2. The molecule has 0 aliphatic heterocycles. The van der Waals surface area contributed by atoms with Gasteiger partial charge in [-0.1, -0.05) is 31.6 Å². The lowest BCUT2D eigenvalue weighted by Gasteiger charge is -2.58. The van der Waals surface area contributed by atoms with Gasteiger partial charge in [-0.25, -0.2) is 4.98 Å². The van der Waals surface area contributed by atoms with Gasteiger partial charge in [0.1, 0.15) is 0 Å². The van der Waals surface area contributed by atoms with Crippen LogP contribution in [0.5, 0.6) is 0 Å². The van der Waals surface area contributed by atoms with E-state index in [2.05, 4.69) is 47.1 Å². The molecule has 160 valence electrons. The Kier molecular flexibility index (Phi) is 4.14. The first-order valence-corrected chi connectivity index (χ1v) is 12.2. The van der Waals surface area contributed by atoms with Gasteiger partial charge in [0, 0.05) is 35.5 Å². The van der Waals surface area contributed by atoms with Crippen LogP contribution < -0.4 is 5.32 Å². The minimum atomic E-state index is 0.277. The summed E-state index contributed by atoms with van der Waals surface area (Å²) in [6.07, 6.45) is 21.8. The Bertz CT molecular complexity index is 911. The van der Waals surface area contributed by atoms with Gasteiger partial charge >= 0.3 is 0 Å². The van der Waals surface area contributed by atoms with Gasteiger partial charge < -0.3 is 9.88 Å². The number of hydrogen-bond donors (Lipinski definition) is 1. The van der Waals surface area contributed by atoms with Crippen molar-refractivity contribution < 1.29 is 4.79 Å². The topological polar surface area (TPSA) is 46.9 Å². The monoisotopic (exact) mass is 405 g/mol. The summed E-state index contributed by atoms with van der Waals surface area (Å²) in [5, 5.41) is 3.37. The molecule has 0 aromatic carbocycles. The molecule has 6 rings (SSSR count). The Labute approximate surface area is 180 Å². The summed E-state index contributed by atoms with van der Waals surface area (Å²) < 4.78 is 2.26. The Morgan fingerprint density at radius 1 is 1.07 bits per heavy atom. The van der Waals surface area contributed by atoms with Crippen molar-refractivity contribution >= 4 is 11.6 Å². The molecule has 1 aromatic rings. The van der Waals surface area contributed by atoms with Crippen molar-refractivity contribution in [2.24, 2.45) is 34.5 Å². The van der Waals surface area contributed by atoms with Crippen LogP contribution in [0.25, 0.3) is 5.70 Å². The number of nitrogens with zero attached hydrogens (tertiary/aromatic N) is 2. The number of amides is 1. The molecule has 1 heterocycles. The third kappa shape index (κ3) is 2.71. The summed E-state index contributed by atoms with van der Waals surface area (Å²) in [6, 6.07) is 0.365. The van der Waals surface area contributed by atoms with Gasteiger partial charge in [-0.3, -0.25) is 4.79 Å². The quantitative estimate of drug-likeness (QED) is 0.703. The van der Waals surface area contributed by atoms with E-state index in [1.54, 1.807) is 5.57 Å². The molecule has 3 saturated carbocycles. The van der Waals surface area contributed by atoms with Gasteiger partial charge in [-0.15, -0.1) is 0 Å². The zero-order chi connectivity index (χ0) is 20.5. The minimum absolute atomic E-state index is 0.277. The maximum Gasteiger partial charge on any atom is 0.223 e. The molecule has 30 heavy (non-hydrogen) atoms. The highest BCUT2D eigenvalue weighted by molar-refractivity contribution is 5.81. The van der Waals surface area contributed by atoms with E-state index in [1.165, 1.54) is 37.8 Å². The molecule has 1 amide bonds. The normalized spacial score (nSPS) is 42.5. The number of nitrogens with one attached hydrogen (secondary N) is 1. The second-order valence-corrected chi connectivity index (χ2v) is 11.2. The Morgan fingerprint density at radius 3 is 2.67 bits per heavy atom. The molecule has 4 heteroatoms. The Balaban J connectivity index is 1.23. The summed E-state index contributed by atoms with van der Waals surface area (Å²) in [7, 11) is 0. The molecule has 5 aliphatic carbocycles. The van der Waals surface area contributed by atoms with E-state index in [1.807, 2.05) is 12.5 Å². The van der Waals surface area contributed by atoms with Crippen LogP contribution >= 0.6 is 0 Å². The average Bonchev–Trinajstić information content (AvgIpc) is 3.33. The van der Waals surface area contributed by atoms with Crippen molar-refractivity contribution in [2.75, 3.05) is 0 Å². The molecule has 5 aliphatic rings. The zero-order valence-electron chi connectivity index (χ0n) is 18.4. The van der Waals surface area contributed by atoms with Crippen LogP contribution in [0.15, 0.2) is 36.4 Å². The van der Waals surface area contributed by atoms with Crippen LogP contribution in [0.3, 0.4) is 0 Å². The number of carbonyl (C=O) groups excluding carboxylic acids is 1. The standard InChI is InChI=1S/C26H35N3O/c1-25-11-9-19(28-24(30)17-3-4-17)15-18(25)5-6-20-21-7-8-23(29-14-13-27-16-29)26(21,2)12-10-22(20)25/h5,8,13-14,16-17,19-22H,3-4,6-7,9-12,15H2,1-2H3,(H,28,30)/t19?,20?,21?,22?,25-,26-/m0/s1. The molecule has 1 aromatic heterocycles. The van der Waals surface area contributed by atoms with Crippen LogP contribution in [0.1, 0.15) is 71.6 Å². The summed E-state index contributed by atoms with van der Waals surface area (Å²) in [4.78, 5) is 16.6. The number of carbonyl (C=O) groups is 1. The van der Waals surface area contributed by atoms with Gasteiger partial charge in [0.2, 0.25) is 5.91 Å². The third-order valence-corrected chi connectivity index (χ3v) is 9.72. The third-order valence-electron chi connectivity index (χ3n) is 9.72. The first-order valence-electron chi connectivity index (χ1n) is 12.2. The van der Waals surface area contributed by atoms with E-state index in [9.17, 15) is 4.79 Å². The van der Waals surface area contributed by atoms with Crippen molar-refractivity contribution in [3.8, 4) is 0 Å². The molecule has 4 unspecified atom stereocenters. The van der Waals surface area contributed by atoms with E-state index >= 15 is 0 Å². The molecule has 0 bridgehead atoms. The fourth-order valence-corrected chi connectivity index (χ4v) is 7.80. The number of rotatable bonds is 3. The van der Waals surface area contributed by atoms with E-state index in [-0.39, 0.29) is 5.41 Å². The van der Waals surface area contributed by atoms with Crippen molar-refractivity contribution in [1.29, 1.82) is 0 Å². The van der Waals surface area contributed by atoms with Gasteiger partial charge in [0.05, 0.1) is 6.33 Å². The summed E-state index contributed by atoms with van der Waals surface area (Å²) in [6.45, 7) is 5.06. The fourth-order valence-electron chi connectivity index (χ4n) is 7.80. The van der Waals surface area contributed by atoms with E-state index in [0.29, 0.717) is 23.3 Å². The van der Waals surface area contributed by atoms with E-state index in [0.717, 1.165) is 43.4 Å². The van der Waals surface area contributed by atoms with E-state index < -0.39 is 0 Å². The molecule has 0 radical (unpaired) electrons. The number of allylic oxidation sites excluding steroid dienone is 3. The lowest BCUT2D eigenvalue weighted by molar-refractivity contribution is -0.123.